The van der Waals surface area contributed by atoms with Crippen LogP contribution in [0, 0.1) is 11.8 Å². The standard InChI is InChI=1S/C72H92N13O20PS4/c1-82(72(90)53-16-3-2-15-52(53)68-54-17-7-26-84(28-10-34-110(96,97)98)57(54)39-59-55(68)37-50-35-47-13-6-25-83(27-9-33-109(93,94)95)56(47)38-58(50)104-59)24-8-18-63(86)78-23-32-108-107-31-19-64(87)77-21-22-79-71(89)48-11-4-14-51(36-48)101-43-62(74)100-30-29-99-44-65(88)76-20-5-12-49-41-85(70-67(49)69(75)80-46-81-70)66-40-60(102-45-73)61(105-66)42-103-106(91)92/h2-4,11,14-16,35-39,41,46,60-62,66,106H,6-10,13,17-34,40,42-45,73-74H2,1H3,(H8-,75,76,77,78,79,80,81,86,87,88,89,91,92,93,94,95,96,97,98)/p+1/t60-,61?,62?,66-/m1/s1. The molecule has 10 rings (SSSR count). The van der Waals surface area contributed by atoms with Crippen molar-refractivity contribution in [2.75, 3.05) is 144 Å². The second kappa shape index (κ2) is 40.8. The van der Waals surface area contributed by atoms with Gasteiger partial charge >= 0.3 is 19.4 Å². The number of nitrogens with one attached hydrogen (secondary N) is 4. The highest BCUT2D eigenvalue weighted by molar-refractivity contribution is 8.76. The van der Waals surface area contributed by atoms with Gasteiger partial charge in [0, 0.05) is 119 Å². The third-order valence-electron chi connectivity index (χ3n) is 18.3. The molecule has 38 heteroatoms. The van der Waals surface area contributed by atoms with E-state index in [4.69, 9.17) is 49.8 Å². The van der Waals surface area contributed by atoms with Gasteiger partial charge in [0.05, 0.1) is 90.2 Å². The topological polar surface area (TPSA) is 465 Å². The maximum absolute atomic E-state index is 14.6. The van der Waals surface area contributed by atoms with Crippen LogP contribution in [0.15, 0.2) is 89.7 Å². The van der Waals surface area contributed by atoms with Crippen molar-refractivity contribution in [1.29, 1.82) is 0 Å². The van der Waals surface area contributed by atoms with Crippen molar-refractivity contribution in [3.05, 3.63) is 113 Å². The first kappa shape index (κ1) is 84.2. The molecule has 5 amide bonds. The molecule has 0 aliphatic carbocycles. The maximum Gasteiger partial charge on any atom is 0.363 e. The van der Waals surface area contributed by atoms with Crippen molar-refractivity contribution in [3.63, 3.8) is 0 Å². The highest BCUT2D eigenvalue weighted by atomic mass is 33.1. The van der Waals surface area contributed by atoms with Gasteiger partial charge in [0.2, 0.25) is 17.7 Å². The number of nitrogen functional groups attached to an aromatic ring is 1. The monoisotopic (exact) mass is 1620 g/mol. The minimum Gasteiger partial charge on any atom is -0.489 e. The van der Waals surface area contributed by atoms with E-state index in [9.17, 15) is 59.4 Å². The lowest BCUT2D eigenvalue weighted by molar-refractivity contribution is -0.126. The molecule has 1 saturated heterocycles. The highest BCUT2D eigenvalue weighted by Gasteiger charge is 2.39. The zero-order valence-corrected chi connectivity index (χ0v) is 65.0. The molecule has 33 nitrogen and oxygen atoms in total. The summed E-state index contributed by atoms with van der Waals surface area (Å²) in [5, 5.41) is 13.3. The van der Waals surface area contributed by atoms with Crippen LogP contribution in [0.2, 0.25) is 0 Å². The minimum atomic E-state index is -4.20. The molecule has 0 radical (unpaired) electrons. The molecular weight excluding hydrogens is 1530 g/mol. The lowest BCUT2D eigenvalue weighted by Crippen LogP contribution is -2.34. The number of hydrogen-bond acceptors (Lipinski definition) is 25. The van der Waals surface area contributed by atoms with Gasteiger partial charge in [-0.05, 0) is 98.0 Å². The molecule has 7 aromatic rings. The van der Waals surface area contributed by atoms with Crippen molar-refractivity contribution in [3.8, 4) is 28.7 Å². The number of nitrogens with two attached hydrogens (primary N) is 3. The minimum absolute atomic E-state index is 0.0271. The van der Waals surface area contributed by atoms with Crippen molar-refractivity contribution < 1.29 is 92.0 Å². The number of carbonyl (C=O) groups excluding carboxylic acids is 5. The number of benzene rings is 4. The van der Waals surface area contributed by atoms with Crippen molar-refractivity contribution in [1.82, 2.24) is 40.7 Å². The molecule has 3 aliphatic heterocycles. The number of aromatic nitrogens is 3. The Labute approximate surface area is 645 Å². The van der Waals surface area contributed by atoms with Gasteiger partial charge in [0.15, 0.2) is 0 Å². The summed E-state index contributed by atoms with van der Waals surface area (Å²) in [7, 11) is -6.80. The molecule has 3 aromatic heterocycles. The van der Waals surface area contributed by atoms with Gasteiger partial charge in [-0.25, -0.2) is 14.4 Å². The number of carbonyl (C=O) groups is 5. The fourth-order valence-corrected chi connectivity index (χ4v) is 16.5. The van der Waals surface area contributed by atoms with E-state index in [0.29, 0.717) is 120 Å². The van der Waals surface area contributed by atoms with Crippen LogP contribution >= 0.6 is 29.8 Å². The van der Waals surface area contributed by atoms with Crippen LogP contribution in [-0.2, 0) is 75.5 Å². The van der Waals surface area contributed by atoms with Gasteiger partial charge in [-0.3, -0.25) is 37.6 Å². The smallest absolute Gasteiger partial charge is 0.363 e. The third kappa shape index (κ3) is 24.4. The Balaban J connectivity index is 0.588. The fourth-order valence-electron chi connectivity index (χ4n) is 13.3. The maximum atomic E-state index is 14.6. The predicted octanol–water partition coefficient (Wildman–Crippen LogP) is 5.06. The number of aryl methyl sites for hydroxylation is 1. The Bertz CT molecular complexity index is 4750. The van der Waals surface area contributed by atoms with Crippen LogP contribution in [0.1, 0.15) is 95.0 Å². The Morgan fingerprint density at radius 3 is 2.34 bits per heavy atom. The first-order valence-corrected chi connectivity index (χ1v) is 42.9. The molecule has 13 N–H and O–H groups in total. The van der Waals surface area contributed by atoms with Gasteiger partial charge in [-0.2, -0.15) is 16.8 Å². The van der Waals surface area contributed by atoms with E-state index < -0.39 is 64.8 Å². The zero-order valence-electron chi connectivity index (χ0n) is 60.7. The Kier molecular flexibility index (Phi) is 31.2. The van der Waals surface area contributed by atoms with E-state index in [1.165, 1.54) is 27.9 Å². The molecule has 0 bridgehead atoms. The van der Waals surface area contributed by atoms with Gasteiger partial charge in [0.1, 0.15) is 55.3 Å². The van der Waals surface area contributed by atoms with Gasteiger partial charge in [-0.1, -0.05) is 57.7 Å². The molecule has 6 heterocycles. The molecule has 3 aliphatic rings. The van der Waals surface area contributed by atoms with Gasteiger partial charge < -0.3 is 90.8 Å². The van der Waals surface area contributed by atoms with E-state index in [-0.39, 0.29) is 120 Å². The number of nitrogens with zero attached hydrogens (tertiary/aromatic N) is 6. The average Bonchev–Trinajstić information content (AvgIpc) is 0.981. The van der Waals surface area contributed by atoms with E-state index in [1.54, 1.807) is 53.0 Å². The molecule has 4 aromatic carbocycles. The summed E-state index contributed by atoms with van der Waals surface area (Å²) in [6.07, 6.45) is 4.95. The first-order chi connectivity index (χ1) is 52.9. The quantitative estimate of drug-likeness (QED) is 0.00350. The van der Waals surface area contributed by atoms with E-state index in [1.807, 2.05) is 30.3 Å². The number of amides is 5. The number of fused-ring (bicyclic) bond motifs is 5. The second-order valence-corrected chi connectivity index (χ2v) is 32.9. The van der Waals surface area contributed by atoms with Crippen LogP contribution in [0.3, 0.4) is 0 Å². The van der Waals surface area contributed by atoms with Crippen LogP contribution in [-0.4, -0.2) is 227 Å². The molecule has 594 valence electrons. The SMILES string of the molecule is CN(CCCC(=O)NCCSSCCC(=O)NCCNC(=O)c1cccc(OCC(N)OCCOCC(=O)NCC#Cc2cn([C@H]3C[C@@H](OCN)C(CO[PH](=O)O)O3)c3ncnc(N)c23)c1)C(=O)c1ccccc1-c1c2c(cc3[o+]c4cc5c(cc4cc13)CCCN5CCCS(=O)(=O)O)N(CCCS(=O)(=O)O)CCC2. The van der Waals surface area contributed by atoms with Crippen LogP contribution in [0.4, 0.5) is 17.2 Å². The Morgan fingerprint density at radius 2 is 1.56 bits per heavy atom. The number of hydrogen-bond donors (Lipinski definition) is 10. The summed E-state index contributed by atoms with van der Waals surface area (Å²) in [6.45, 7) is 2.63. The first-order valence-electron chi connectivity index (χ1n) is 36.0. The molecule has 110 heavy (non-hydrogen) atoms. The average molecular weight is 1620 g/mol. The molecule has 5 atom stereocenters. The summed E-state index contributed by atoms with van der Waals surface area (Å²) < 4.78 is 119. The summed E-state index contributed by atoms with van der Waals surface area (Å²) in [4.78, 5) is 89.1. The summed E-state index contributed by atoms with van der Waals surface area (Å²) in [6, 6.07) is 22.0. The molecule has 0 saturated carbocycles. The summed E-state index contributed by atoms with van der Waals surface area (Å²) in [5.74, 6) is 5.40. The molecule has 1 fully saturated rings. The lowest BCUT2D eigenvalue weighted by atomic mass is 9.86. The van der Waals surface area contributed by atoms with Crippen molar-refractivity contribution in [2.24, 2.45) is 11.5 Å². The predicted molar refractivity (Wildman–Crippen MR) is 419 cm³/mol. The Morgan fingerprint density at radius 1 is 0.836 bits per heavy atom. The van der Waals surface area contributed by atoms with Crippen LogP contribution in [0.5, 0.6) is 5.75 Å². The molecule has 0 spiro atoms. The largest absolute Gasteiger partial charge is 0.489 e. The van der Waals surface area contributed by atoms with Crippen LogP contribution < -0.4 is 53.0 Å². The molecule has 3 unspecified atom stereocenters. The van der Waals surface area contributed by atoms with E-state index in [0.717, 1.165) is 58.1 Å². The Hall–Kier alpha value is -8.29. The van der Waals surface area contributed by atoms with E-state index >= 15 is 0 Å². The molecular formula is C72H93N13O20PS4+. The summed E-state index contributed by atoms with van der Waals surface area (Å²) >= 11 is 0. The highest BCUT2D eigenvalue weighted by Crippen LogP contribution is 2.45. The zero-order chi connectivity index (χ0) is 78.3. The lowest BCUT2D eigenvalue weighted by Gasteiger charge is -2.33. The fraction of sp³-hybridized carbons (Fsp3) is 0.472. The van der Waals surface area contributed by atoms with Gasteiger partial charge in [-0.15, -0.1) is 0 Å². The normalized spacial score (nSPS) is 16.2. The second-order valence-electron chi connectivity index (χ2n) is 26.2. The number of ether oxygens (including phenoxy) is 5. The van der Waals surface area contributed by atoms with Crippen molar-refractivity contribution >= 4 is 130 Å². The number of anilines is 3. The van der Waals surface area contributed by atoms with Crippen LogP contribution in [0.25, 0.3) is 44.1 Å². The number of rotatable bonds is 41. The summed E-state index contributed by atoms with van der Waals surface area (Å²) in [5.41, 5.74) is 26.0. The van der Waals surface area contributed by atoms with E-state index in [2.05, 4.69) is 65.0 Å². The van der Waals surface area contributed by atoms with Gasteiger partial charge in [0.25, 0.3) is 32.1 Å². The third-order valence-corrected chi connectivity index (χ3v) is 22.8. The van der Waals surface area contributed by atoms with Crippen molar-refractivity contribution in [2.45, 2.75) is 88.9 Å².